The first-order valence-corrected chi connectivity index (χ1v) is 8.84. The Balaban J connectivity index is 1.60. The first kappa shape index (κ1) is 17.0. The Morgan fingerprint density at radius 3 is 2.21 bits per heavy atom. The van der Waals surface area contributed by atoms with Gasteiger partial charge in [0, 0.05) is 18.1 Å². The molecule has 1 saturated carbocycles. The van der Waals surface area contributed by atoms with E-state index in [2.05, 4.69) is 54.6 Å². The third-order valence-corrected chi connectivity index (χ3v) is 5.51. The summed E-state index contributed by atoms with van der Waals surface area (Å²) in [5.74, 6) is 0.329. The van der Waals surface area contributed by atoms with E-state index >= 15 is 0 Å². The zero-order chi connectivity index (χ0) is 17.0. The molecule has 0 aliphatic heterocycles. The maximum Gasteiger partial charge on any atom is 0.115 e. The van der Waals surface area contributed by atoms with Crippen LogP contribution in [0.2, 0.25) is 0 Å². The minimum absolute atomic E-state index is 0.165. The maximum atomic E-state index is 9.37. The molecule has 1 aliphatic carbocycles. The van der Waals surface area contributed by atoms with E-state index in [0.29, 0.717) is 11.8 Å². The summed E-state index contributed by atoms with van der Waals surface area (Å²) in [4.78, 5) is 2.40. The predicted molar refractivity (Wildman–Crippen MR) is 99.0 cm³/mol. The number of rotatable bonds is 5. The molecule has 3 nitrogen and oxygen atoms in total. The van der Waals surface area contributed by atoms with Crippen LogP contribution in [0.3, 0.4) is 0 Å². The van der Waals surface area contributed by atoms with Gasteiger partial charge in [-0.1, -0.05) is 42.5 Å². The molecule has 2 aromatic carbocycles. The average molecular weight is 324 g/mol. The Morgan fingerprint density at radius 2 is 1.62 bits per heavy atom. The lowest BCUT2D eigenvalue weighted by atomic mass is 9.74. The minimum Gasteiger partial charge on any atom is -0.508 e. The molecule has 0 radical (unpaired) electrons. The van der Waals surface area contributed by atoms with Crippen LogP contribution in [0, 0.1) is 0 Å². The van der Waals surface area contributed by atoms with E-state index in [0.717, 1.165) is 6.54 Å². The largest absolute Gasteiger partial charge is 0.508 e. The van der Waals surface area contributed by atoms with Gasteiger partial charge in [-0.3, -0.25) is 4.90 Å². The fraction of sp³-hybridized carbons (Fsp3) is 0.429. The Bertz CT molecular complexity index is 629. The fourth-order valence-corrected chi connectivity index (χ4v) is 3.92. The molecule has 0 heterocycles. The Hall–Kier alpha value is -1.84. The number of phenolic OH excluding ortho intramolecular Hbond substituents is 1. The second kappa shape index (κ2) is 7.37. The molecule has 0 aromatic heterocycles. The van der Waals surface area contributed by atoms with Crippen LogP contribution in [0.1, 0.15) is 36.8 Å². The molecular formula is C21H28N2O. The van der Waals surface area contributed by atoms with Gasteiger partial charge in [0.2, 0.25) is 0 Å². The Morgan fingerprint density at radius 1 is 1.00 bits per heavy atom. The molecule has 2 N–H and O–H groups in total. The lowest BCUT2D eigenvalue weighted by Crippen LogP contribution is -2.47. The van der Waals surface area contributed by atoms with Crippen LogP contribution in [0.25, 0.3) is 0 Å². The van der Waals surface area contributed by atoms with Gasteiger partial charge in [-0.2, -0.15) is 0 Å². The third kappa shape index (κ3) is 3.63. The highest BCUT2D eigenvalue weighted by atomic mass is 16.3. The van der Waals surface area contributed by atoms with Crippen LogP contribution < -0.4 is 5.32 Å². The Kier molecular flexibility index (Phi) is 5.22. The summed E-state index contributed by atoms with van der Waals surface area (Å²) >= 11 is 0. The summed E-state index contributed by atoms with van der Waals surface area (Å²) < 4.78 is 0. The SMILES string of the molecule is CN(C)C1(c2ccccc2)CCC(NCc2ccc(O)cc2)CC1. The van der Waals surface area contributed by atoms with E-state index in [1.165, 1.54) is 36.8 Å². The molecule has 128 valence electrons. The smallest absolute Gasteiger partial charge is 0.115 e. The van der Waals surface area contributed by atoms with E-state index in [9.17, 15) is 5.11 Å². The van der Waals surface area contributed by atoms with Gasteiger partial charge in [0.15, 0.2) is 0 Å². The fourth-order valence-electron chi connectivity index (χ4n) is 3.92. The van der Waals surface area contributed by atoms with Gasteiger partial charge in [0.1, 0.15) is 5.75 Å². The van der Waals surface area contributed by atoms with Gasteiger partial charge in [0.25, 0.3) is 0 Å². The van der Waals surface area contributed by atoms with Crippen LogP contribution in [-0.2, 0) is 12.1 Å². The van der Waals surface area contributed by atoms with Crippen LogP contribution in [0.5, 0.6) is 5.75 Å². The normalized spacial score (nSPS) is 24.2. The van der Waals surface area contributed by atoms with Gasteiger partial charge in [-0.05, 0) is 63.0 Å². The van der Waals surface area contributed by atoms with Crippen molar-refractivity contribution in [3.63, 3.8) is 0 Å². The molecule has 1 fully saturated rings. The van der Waals surface area contributed by atoms with Crippen molar-refractivity contribution in [2.24, 2.45) is 0 Å². The number of phenols is 1. The molecule has 2 aromatic rings. The van der Waals surface area contributed by atoms with Crippen molar-refractivity contribution in [1.29, 1.82) is 0 Å². The van der Waals surface area contributed by atoms with Crippen molar-refractivity contribution in [2.45, 2.75) is 43.8 Å². The van der Waals surface area contributed by atoms with E-state index in [1.54, 1.807) is 12.1 Å². The summed E-state index contributed by atoms with van der Waals surface area (Å²) in [7, 11) is 4.41. The molecule has 0 unspecified atom stereocenters. The molecule has 0 saturated heterocycles. The molecule has 3 rings (SSSR count). The van der Waals surface area contributed by atoms with Crippen LogP contribution in [-0.4, -0.2) is 30.1 Å². The number of hydrogen-bond donors (Lipinski definition) is 2. The first-order chi connectivity index (χ1) is 11.6. The van der Waals surface area contributed by atoms with Gasteiger partial charge in [-0.25, -0.2) is 0 Å². The summed E-state index contributed by atoms with van der Waals surface area (Å²) in [6, 6.07) is 19.0. The second-order valence-electron chi connectivity index (χ2n) is 7.11. The van der Waals surface area contributed by atoms with E-state index < -0.39 is 0 Å². The molecule has 1 aliphatic rings. The lowest BCUT2D eigenvalue weighted by Gasteiger charge is -2.45. The highest BCUT2D eigenvalue weighted by Crippen LogP contribution is 2.41. The van der Waals surface area contributed by atoms with Crippen molar-refractivity contribution >= 4 is 0 Å². The van der Waals surface area contributed by atoms with E-state index in [-0.39, 0.29) is 5.54 Å². The van der Waals surface area contributed by atoms with Gasteiger partial charge < -0.3 is 10.4 Å². The monoisotopic (exact) mass is 324 g/mol. The number of nitrogens with one attached hydrogen (secondary N) is 1. The lowest BCUT2D eigenvalue weighted by molar-refractivity contribution is 0.0853. The van der Waals surface area contributed by atoms with Crippen LogP contribution in [0.15, 0.2) is 54.6 Å². The van der Waals surface area contributed by atoms with Gasteiger partial charge >= 0.3 is 0 Å². The van der Waals surface area contributed by atoms with Crippen molar-refractivity contribution in [2.75, 3.05) is 14.1 Å². The minimum atomic E-state index is 0.165. The van der Waals surface area contributed by atoms with Gasteiger partial charge in [-0.15, -0.1) is 0 Å². The Labute approximate surface area is 145 Å². The van der Waals surface area contributed by atoms with Crippen molar-refractivity contribution < 1.29 is 5.11 Å². The third-order valence-electron chi connectivity index (χ3n) is 5.51. The average Bonchev–Trinajstić information content (AvgIpc) is 2.62. The highest BCUT2D eigenvalue weighted by Gasteiger charge is 2.38. The van der Waals surface area contributed by atoms with Crippen LogP contribution >= 0.6 is 0 Å². The van der Waals surface area contributed by atoms with E-state index in [4.69, 9.17) is 0 Å². The zero-order valence-electron chi connectivity index (χ0n) is 14.7. The first-order valence-electron chi connectivity index (χ1n) is 8.84. The molecular weight excluding hydrogens is 296 g/mol. The molecule has 24 heavy (non-hydrogen) atoms. The van der Waals surface area contributed by atoms with Crippen LogP contribution in [0.4, 0.5) is 0 Å². The number of nitrogens with zero attached hydrogens (tertiary/aromatic N) is 1. The quantitative estimate of drug-likeness (QED) is 0.876. The summed E-state index contributed by atoms with van der Waals surface area (Å²) in [5.41, 5.74) is 2.82. The zero-order valence-corrected chi connectivity index (χ0v) is 14.7. The molecule has 0 atom stereocenters. The number of hydrogen-bond acceptors (Lipinski definition) is 3. The molecule has 0 amide bonds. The molecule has 0 spiro atoms. The maximum absolute atomic E-state index is 9.37. The summed E-state index contributed by atoms with van der Waals surface area (Å²) in [6.07, 6.45) is 4.73. The summed E-state index contributed by atoms with van der Waals surface area (Å²) in [6.45, 7) is 0.866. The van der Waals surface area contributed by atoms with Crippen molar-refractivity contribution in [1.82, 2.24) is 10.2 Å². The van der Waals surface area contributed by atoms with Crippen molar-refractivity contribution in [3.8, 4) is 5.75 Å². The molecule has 3 heteroatoms. The standard InChI is InChI=1S/C21H28N2O/c1-23(2)21(18-6-4-3-5-7-18)14-12-19(13-15-21)22-16-17-8-10-20(24)11-9-17/h3-11,19,22,24H,12-16H2,1-2H3. The van der Waals surface area contributed by atoms with E-state index in [1.807, 2.05) is 12.1 Å². The van der Waals surface area contributed by atoms with Crippen molar-refractivity contribution in [3.05, 3.63) is 65.7 Å². The number of aromatic hydroxyl groups is 1. The molecule has 0 bridgehead atoms. The predicted octanol–water partition coefficient (Wildman–Crippen LogP) is 3.88. The number of benzene rings is 2. The highest BCUT2D eigenvalue weighted by molar-refractivity contribution is 5.27. The summed E-state index contributed by atoms with van der Waals surface area (Å²) in [5, 5.41) is 13.1. The second-order valence-corrected chi connectivity index (χ2v) is 7.11. The van der Waals surface area contributed by atoms with Gasteiger partial charge in [0.05, 0.1) is 0 Å². The topological polar surface area (TPSA) is 35.5 Å².